The number of hydrogen-bond acceptors (Lipinski definition) is 2. The molecule has 0 atom stereocenters. The second kappa shape index (κ2) is 3.74. The number of rotatable bonds is 2. The average molecular weight is 223 g/mol. The van der Waals surface area contributed by atoms with Gasteiger partial charge in [0, 0.05) is 0 Å². The fourth-order valence-electron chi connectivity index (χ4n) is 1.29. The van der Waals surface area contributed by atoms with Gasteiger partial charge in [0.25, 0.3) is 0 Å². The van der Waals surface area contributed by atoms with Crippen LogP contribution in [0.15, 0.2) is 36.8 Å². The second-order valence-electron chi connectivity index (χ2n) is 2.91. The molecule has 76 valence electrons. The maximum absolute atomic E-state index is 10.9. The summed E-state index contributed by atoms with van der Waals surface area (Å²) in [5.41, 5.74) is 0.692. The highest BCUT2D eigenvalue weighted by Crippen LogP contribution is 2.20. The number of aromatic carboxylic acids is 1. The monoisotopic (exact) mass is 222 g/mol. The normalized spacial score (nSPS) is 10.2. The fourth-order valence-corrected chi connectivity index (χ4v) is 1.52. The molecule has 15 heavy (non-hydrogen) atoms. The molecule has 0 aliphatic rings. The van der Waals surface area contributed by atoms with Crippen LogP contribution in [0, 0.1) is 0 Å². The minimum absolute atomic E-state index is 0.0862. The summed E-state index contributed by atoms with van der Waals surface area (Å²) in [6.45, 7) is 0. The van der Waals surface area contributed by atoms with Crippen molar-refractivity contribution >= 4 is 17.6 Å². The number of imidazole rings is 1. The van der Waals surface area contributed by atoms with Gasteiger partial charge in [-0.3, -0.25) is 4.57 Å². The first-order valence-corrected chi connectivity index (χ1v) is 4.58. The molecule has 0 aliphatic carbocycles. The van der Waals surface area contributed by atoms with Gasteiger partial charge in [-0.05, 0) is 12.1 Å². The Morgan fingerprint density at radius 3 is 2.80 bits per heavy atom. The van der Waals surface area contributed by atoms with Crippen molar-refractivity contribution in [3.63, 3.8) is 0 Å². The number of benzene rings is 1. The zero-order chi connectivity index (χ0) is 10.8. The minimum Gasteiger partial charge on any atom is -0.477 e. The summed E-state index contributed by atoms with van der Waals surface area (Å²) < 4.78 is 1.44. The van der Waals surface area contributed by atoms with Gasteiger partial charge in [0.1, 0.15) is 0 Å². The lowest BCUT2D eigenvalue weighted by atomic mass is 10.3. The predicted octanol–water partition coefficient (Wildman–Crippen LogP) is 2.22. The van der Waals surface area contributed by atoms with Crippen LogP contribution in [0.5, 0.6) is 0 Å². The lowest BCUT2D eigenvalue weighted by Gasteiger charge is -2.06. The van der Waals surface area contributed by atoms with Gasteiger partial charge < -0.3 is 5.11 Å². The molecule has 1 aromatic heterocycles. The van der Waals surface area contributed by atoms with Gasteiger partial charge in [-0.2, -0.15) is 0 Å². The maximum Gasteiger partial charge on any atom is 0.354 e. The van der Waals surface area contributed by atoms with E-state index in [9.17, 15) is 4.79 Å². The van der Waals surface area contributed by atoms with Crippen molar-refractivity contribution in [1.29, 1.82) is 0 Å². The van der Waals surface area contributed by atoms with Crippen LogP contribution in [-0.4, -0.2) is 20.6 Å². The van der Waals surface area contributed by atoms with Gasteiger partial charge in [-0.25, -0.2) is 9.78 Å². The molecule has 0 bridgehead atoms. The average Bonchev–Trinajstić information content (AvgIpc) is 2.67. The number of carboxylic acid groups (broad SMARTS) is 1. The molecule has 0 amide bonds. The molecule has 2 aromatic rings. The number of halogens is 1. The fraction of sp³-hybridized carbons (Fsp3) is 0. The van der Waals surface area contributed by atoms with Crippen LogP contribution in [0.1, 0.15) is 10.5 Å². The molecule has 5 heteroatoms. The van der Waals surface area contributed by atoms with Crippen molar-refractivity contribution in [1.82, 2.24) is 9.55 Å². The van der Waals surface area contributed by atoms with E-state index in [1.807, 2.05) is 0 Å². The van der Waals surface area contributed by atoms with E-state index >= 15 is 0 Å². The second-order valence-corrected chi connectivity index (χ2v) is 3.31. The highest BCUT2D eigenvalue weighted by atomic mass is 35.5. The summed E-state index contributed by atoms with van der Waals surface area (Å²) in [6.07, 6.45) is 2.70. The van der Waals surface area contributed by atoms with Crippen LogP contribution >= 0.6 is 11.6 Å². The van der Waals surface area contributed by atoms with Crippen molar-refractivity contribution < 1.29 is 9.90 Å². The van der Waals surface area contributed by atoms with Crippen molar-refractivity contribution in [3.05, 3.63) is 47.5 Å². The Hall–Kier alpha value is -1.81. The summed E-state index contributed by atoms with van der Waals surface area (Å²) in [5.74, 6) is -1.03. The van der Waals surface area contributed by atoms with E-state index in [2.05, 4.69) is 4.98 Å². The van der Waals surface area contributed by atoms with Gasteiger partial charge in [-0.15, -0.1) is 0 Å². The summed E-state index contributed by atoms with van der Waals surface area (Å²) in [4.78, 5) is 14.6. The third-order valence-electron chi connectivity index (χ3n) is 1.97. The number of hydrogen-bond donors (Lipinski definition) is 1. The number of carboxylic acids is 1. The highest BCUT2D eigenvalue weighted by molar-refractivity contribution is 6.32. The molecule has 0 radical (unpaired) electrons. The third kappa shape index (κ3) is 1.71. The first-order chi connectivity index (χ1) is 7.20. The molecule has 0 spiro atoms. The Labute approximate surface area is 90.8 Å². The van der Waals surface area contributed by atoms with E-state index in [4.69, 9.17) is 16.7 Å². The topological polar surface area (TPSA) is 55.1 Å². The summed E-state index contributed by atoms with van der Waals surface area (Å²) in [5, 5.41) is 9.39. The van der Waals surface area contributed by atoms with Crippen molar-refractivity contribution in [2.75, 3.05) is 0 Å². The lowest BCUT2D eigenvalue weighted by molar-refractivity contribution is 0.0688. The zero-order valence-corrected chi connectivity index (χ0v) is 8.35. The molecule has 0 saturated carbocycles. The summed E-state index contributed by atoms with van der Waals surface area (Å²) in [6, 6.07) is 7.00. The maximum atomic E-state index is 10.9. The van der Waals surface area contributed by atoms with Gasteiger partial charge in [-0.1, -0.05) is 23.7 Å². The van der Waals surface area contributed by atoms with Crippen LogP contribution in [-0.2, 0) is 0 Å². The Kier molecular flexibility index (Phi) is 2.43. The Bertz CT molecular complexity index is 508. The molecule has 1 N–H and O–H groups in total. The molecule has 4 nitrogen and oxygen atoms in total. The number of carbonyl (C=O) groups is 1. The lowest BCUT2D eigenvalue weighted by Crippen LogP contribution is -2.05. The molecule has 1 heterocycles. The SMILES string of the molecule is O=C(O)c1cncn1-c1ccccc1Cl. The van der Waals surface area contributed by atoms with Crippen molar-refractivity contribution in [3.8, 4) is 5.69 Å². The predicted molar refractivity (Wildman–Crippen MR) is 55.5 cm³/mol. The number of para-hydroxylation sites is 1. The van der Waals surface area contributed by atoms with Crippen LogP contribution < -0.4 is 0 Å². The summed E-state index contributed by atoms with van der Waals surface area (Å²) in [7, 11) is 0. The standard InChI is InChI=1S/C10H7ClN2O2/c11-7-3-1-2-4-8(7)13-6-12-5-9(13)10(14)15/h1-6H,(H,14,15). The van der Waals surface area contributed by atoms with Gasteiger partial charge in [0.2, 0.25) is 0 Å². The van der Waals surface area contributed by atoms with E-state index < -0.39 is 5.97 Å². The van der Waals surface area contributed by atoms with E-state index in [1.54, 1.807) is 24.3 Å². The van der Waals surface area contributed by atoms with E-state index in [0.29, 0.717) is 10.7 Å². The quantitative estimate of drug-likeness (QED) is 0.848. The summed E-state index contributed by atoms with van der Waals surface area (Å²) >= 11 is 5.95. The molecule has 0 saturated heterocycles. The molecular formula is C10H7ClN2O2. The zero-order valence-electron chi connectivity index (χ0n) is 7.59. The largest absolute Gasteiger partial charge is 0.477 e. The number of aromatic nitrogens is 2. The molecule has 0 aliphatic heterocycles. The number of nitrogens with zero attached hydrogens (tertiary/aromatic N) is 2. The molecule has 1 aromatic carbocycles. The van der Waals surface area contributed by atoms with Crippen molar-refractivity contribution in [2.24, 2.45) is 0 Å². The minimum atomic E-state index is -1.03. The van der Waals surface area contributed by atoms with Gasteiger partial charge in [0.05, 0.1) is 23.2 Å². The molecule has 2 rings (SSSR count). The van der Waals surface area contributed by atoms with Crippen LogP contribution in [0.3, 0.4) is 0 Å². The van der Waals surface area contributed by atoms with Crippen LogP contribution in [0.2, 0.25) is 5.02 Å². The third-order valence-corrected chi connectivity index (χ3v) is 2.29. The van der Waals surface area contributed by atoms with E-state index in [1.165, 1.54) is 17.1 Å². The van der Waals surface area contributed by atoms with Gasteiger partial charge in [0.15, 0.2) is 5.69 Å². The molecular weight excluding hydrogens is 216 g/mol. The highest BCUT2D eigenvalue weighted by Gasteiger charge is 2.12. The van der Waals surface area contributed by atoms with Crippen LogP contribution in [0.25, 0.3) is 5.69 Å². The van der Waals surface area contributed by atoms with E-state index in [0.717, 1.165) is 0 Å². The molecule has 0 unspecified atom stereocenters. The Morgan fingerprint density at radius 1 is 1.40 bits per heavy atom. The Balaban J connectivity index is 2.59. The van der Waals surface area contributed by atoms with Crippen molar-refractivity contribution in [2.45, 2.75) is 0 Å². The first kappa shape index (κ1) is 9.73. The smallest absolute Gasteiger partial charge is 0.354 e. The molecule has 0 fully saturated rings. The van der Waals surface area contributed by atoms with Crippen LogP contribution in [0.4, 0.5) is 0 Å². The first-order valence-electron chi connectivity index (χ1n) is 4.20. The van der Waals surface area contributed by atoms with Gasteiger partial charge >= 0.3 is 5.97 Å². The Morgan fingerprint density at radius 2 is 2.13 bits per heavy atom. The van der Waals surface area contributed by atoms with E-state index in [-0.39, 0.29) is 5.69 Å².